The summed E-state index contributed by atoms with van der Waals surface area (Å²) >= 11 is 1.10. The van der Waals surface area contributed by atoms with E-state index in [0.29, 0.717) is 11.3 Å². The second kappa shape index (κ2) is 9.17. The molecule has 158 valence electrons. The summed E-state index contributed by atoms with van der Waals surface area (Å²) in [4.78, 5) is 25.1. The van der Waals surface area contributed by atoms with Crippen LogP contribution in [0.25, 0.3) is 11.4 Å². The van der Waals surface area contributed by atoms with Crippen molar-refractivity contribution in [1.29, 1.82) is 0 Å². The van der Waals surface area contributed by atoms with Crippen LogP contribution in [0.3, 0.4) is 0 Å². The molecule has 3 rings (SSSR count). The molecule has 0 fully saturated rings. The first-order valence-electron chi connectivity index (χ1n) is 9.49. The average molecular weight is 429 g/mol. The largest absolute Gasteiger partial charge is 0.472 e. The maximum absolute atomic E-state index is 12.8. The van der Waals surface area contributed by atoms with Crippen LogP contribution < -0.4 is 5.32 Å². The summed E-state index contributed by atoms with van der Waals surface area (Å²) in [5.41, 5.74) is 1.80. The van der Waals surface area contributed by atoms with Crippen LogP contribution in [0.5, 0.6) is 0 Å². The van der Waals surface area contributed by atoms with Crippen LogP contribution in [0.4, 0.5) is 10.5 Å². The standard InChI is InChI=1S/C21H24N4O4S/c1-5-14-6-8-16(9-7-14)22-17(26)13-30-19-24-23-18(15-10-11-28-12-15)25(19)20(27)29-21(2,3)4/h6-12H,5,13H2,1-4H3,(H,22,26). The van der Waals surface area contributed by atoms with Crippen molar-refractivity contribution >= 4 is 29.4 Å². The molecule has 8 nitrogen and oxygen atoms in total. The molecule has 0 atom stereocenters. The topological polar surface area (TPSA) is 99.3 Å². The Bertz CT molecular complexity index is 1000. The molecule has 0 aliphatic heterocycles. The van der Waals surface area contributed by atoms with Crippen LogP contribution in [0.15, 0.2) is 52.4 Å². The van der Waals surface area contributed by atoms with Gasteiger partial charge >= 0.3 is 6.09 Å². The first kappa shape index (κ1) is 21.6. The molecule has 0 bridgehead atoms. The molecule has 0 spiro atoms. The lowest BCUT2D eigenvalue weighted by Gasteiger charge is -2.20. The minimum absolute atomic E-state index is 0.0574. The molecule has 0 saturated carbocycles. The summed E-state index contributed by atoms with van der Waals surface area (Å²) in [7, 11) is 0. The number of thioether (sulfide) groups is 1. The van der Waals surface area contributed by atoms with Crippen LogP contribution in [0.1, 0.15) is 33.3 Å². The number of carbonyl (C=O) groups is 2. The Morgan fingerprint density at radius 1 is 1.17 bits per heavy atom. The highest BCUT2D eigenvalue weighted by Crippen LogP contribution is 2.26. The van der Waals surface area contributed by atoms with Crippen molar-refractivity contribution in [3.63, 3.8) is 0 Å². The van der Waals surface area contributed by atoms with E-state index < -0.39 is 11.7 Å². The lowest BCUT2D eigenvalue weighted by Crippen LogP contribution is -2.28. The Hall–Kier alpha value is -3.07. The van der Waals surface area contributed by atoms with Crippen LogP contribution in [0, 0.1) is 0 Å². The maximum atomic E-state index is 12.8. The van der Waals surface area contributed by atoms with Gasteiger partial charge in [-0.3, -0.25) is 4.79 Å². The number of hydrogen-bond acceptors (Lipinski definition) is 7. The second-order valence-corrected chi connectivity index (χ2v) is 8.46. The fraction of sp³-hybridized carbons (Fsp3) is 0.333. The quantitative estimate of drug-likeness (QED) is 0.572. The Labute approximate surface area is 179 Å². The van der Waals surface area contributed by atoms with Gasteiger partial charge in [-0.1, -0.05) is 30.8 Å². The van der Waals surface area contributed by atoms with Crippen molar-refractivity contribution in [2.75, 3.05) is 11.1 Å². The molecule has 0 radical (unpaired) electrons. The third kappa shape index (κ3) is 5.50. The lowest BCUT2D eigenvalue weighted by molar-refractivity contribution is -0.113. The Kier molecular flexibility index (Phi) is 6.61. The van der Waals surface area contributed by atoms with Gasteiger partial charge in [0.05, 0.1) is 17.6 Å². The maximum Gasteiger partial charge on any atom is 0.422 e. The highest BCUT2D eigenvalue weighted by molar-refractivity contribution is 7.99. The number of benzene rings is 1. The van der Waals surface area contributed by atoms with E-state index in [4.69, 9.17) is 9.15 Å². The average Bonchev–Trinajstić information content (AvgIpc) is 3.35. The van der Waals surface area contributed by atoms with E-state index >= 15 is 0 Å². The van der Waals surface area contributed by atoms with E-state index in [1.807, 2.05) is 24.3 Å². The number of rotatable bonds is 6. The van der Waals surface area contributed by atoms with E-state index in [1.54, 1.807) is 26.8 Å². The van der Waals surface area contributed by atoms with Crippen LogP contribution in [-0.2, 0) is 16.0 Å². The second-order valence-electron chi connectivity index (χ2n) is 7.52. The van der Waals surface area contributed by atoms with E-state index in [-0.39, 0.29) is 22.6 Å². The molecule has 3 aromatic rings. The number of aryl methyl sites for hydroxylation is 1. The summed E-state index contributed by atoms with van der Waals surface area (Å²) in [5, 5.41) is 11.3. The Balaban J connectivity index is 1.74. The summed E-state index contributed by atoms with van der Waals surface area (Å²) in [5.74, 6) is 0.130. The number of carbonyl (C=O) groups excluding carboxylic acids is 2. The summed E-state index contributed by atoms with van der Waals surface area (Å²) in [6, 6.07) is 9.34. The first-order chi connectivity index (χ1) is 14.3. The molecule has 1 amide bonds. The molecule has 1 aromatic carbocycles. The highest BCUT2D eigenvalue weighted by Gasteiger charge is 2.26. The zero-order valence-electron chi connectivity index (χ0n) is 17.3. The van der Waals surface area contributed by atoms with E-state index in [0.717, 1.165) is 18.2 Å². The number of aromatic nitrogens is 3. The van der Waals surface area contributed by atoms with Crippen molar-refractivity contribution < 1.29 is 18.7 Å². The van der Waals surface area contributed by atoms with Crippen molar-refractivity contribution in [3.8, 4) is 11.4 Å². The first-order valence-corrected chi connectivity index (χ1v) is 10.5. The van der Waals surface area contributed by atoms with Crippen molar-refractivity contribution in [2.45, 2.75) is 44.9 Å². The van der Waals surface area contributed by atoms with E-state index in [9.17, 15) is 9.59 Å². The molecule has 9 heteroatoms. The number of nitrogens with zero attached hydrogens (tertiary/aromatic N) is 3. The van der Waals surface area contributed by atoms with Gasteiger partial charge in [0.2, 0.25) is 11.1 Å². The molecule has 2 aromatic heterocycles. The fourth-order valence-electron chi connectivity index (χ4n) is 2.57. The third-order valence-corrected chi connectivity index (χ3v) is 4.90. The molecule has 30 heavy (non-hydrogen) atoms. The van der Waals surface area contributed by atoms with Gasteiger partial charge in [0, 0.05) is 5.69 Å². The predicted molar refractivity (Wildman–Crippen MR) is 115 cm³/mol. The van der Waals surface area contributed by atoms with Gasteiger partial charge in [0.25, 0.3) is 0 Å². The van der Waals surface area contributed by atoms with Gasteiger partial charge in [0.15, 0.2) is 5.82 Å². The predicted octanol–water partition coefficient (Wildman–Crippen LogP) is 4.61. The van der Waals surface area contributed by atoms with E-state index in [1.165, 1.54) is 22.7 Å². The smallest absolute Gasteiger partial charge is 0.422 e. The van der Waals surface area contributed by atoms with Crippen LogP contribution in [0.2, 0.25) is 0 Å². The van der Waals surface area contributed by atoms with Crippen molar-refractivity contribution in [1.82, 2.24) is 14.8 Å². The SMILES string of the molecule is CCc1ccc(NC(=O)CSc2nnc(-c3ccoc3)n2C(=O)OC(C)(C)C)cc1. The molecule has 0 unspecified atom stereocenters. The molecular weight excluding hydrogens is 404 g/mol. The number of amides is 1. The van der Waals surface area contributed by atoms with Gasteiger partial charge in [0.1, 0.15) is 11.9 Å². The van der Waals surface area contributed by atoms with E-state index in [2.05, 4.69) is 22.4 Å². The summed E-state index contributed by atoms with van der Waals surface area (Å²) < 4.78 is 11.8. The van der Waals surface area contributed by atoms with Crippen LogP contribution >= 0.6 is 11.8 Å². The molecule has 1 N–H and O–H groups in total. The monoisotopic (exact) mass is 428 g/mol. The summed E-state index contributed by atoms with van der Waals surface area (Å²) in [6.45, 7) is 7.40. The summed E-state index contributed by atoms with van der Waals surface area (Å²) in [6.07, 6.45) is 3.25. The van der Waals surface area contributed by atoms with Gasteiger partial charge in [-0.25, -0.2) is 9.36 Å². The van der Waals surface area contributed by atoms with Crippen molar-refractivity contribution in [2.24, 2.45) is 0 Å². The lowest BCUT2D eigenvalue weighted by atomic mass is 10.1. The number of ether oxygens (including phenoxy) is 1. The van der Waals surface area contributed by atoms with Crippen LogP contribution in [-0.4, -0.2) is 38.1 Å². The normalized spacial score (nSPS) is 11.3. The Morgan fingerprint density at radius 3 is 2.50 bits per heavy atom. The van der Waals surface area contributed by atoms with Gasteiger partial charge in [-0.2, -0.15) is 0 Å². The number of hydrogen-bond donors (Lipinski definition) is 1. The zero-order valence-corrected chi connectivity index (χ0v) is 18.2. The molecular formula is C21H24N4O4S. The molecule has 0 aliphatic rings. The number of furan rings is 1. The third-order valence-electron chi connectivity index (χ3n) is 3.97. The van der Waals surface area contributed by atoms with Gasteiger partial charge < -0.3 is 14.5 Å². The minimum Gasteiger partial charge on any atom is -0.472 e. The molecule has 0 aliphatic carbocycles. The van der Waals surface area contributed by atoms with Gasteiger partial charge in [-0.15, -0.1) is 10.2 Å². The fourth-order valence-corrected chi connectivity index (χ4v) is 3.29. The Morgan fingerprint density at radius 2 is 1.90 bits per heavy atom. The van der Waals surface area contributed by atoms with Crippen molar-refractivity contribution in [3.05, 3.63) is 48.4 Å². The highest BCUT2D eigenvalue weighted by atomic mass is 32.2. The number of anilines is 1. The number of nitrogens with one attached hydrogen (secondary N) is 1. The zero-order chi connectivity index (χ0) is 21.7. The molecule has 0 saturated heterocycles. The van der Waals surface area contributed by atoms with Gasteiger partial charge in [-0.05, 0) is 51.0 Å². The molecule has 2 heterocycles. The minimum atomic E-state index is -0.695.